The van der Waals surface area contributed by atoms with Gasteiger partial charge in [-0.25, -0.2) is 9.18 Å². The summed E-state index contributed by atoms with van der Waals surface area (Å²) in [6.45, 7) is 3.51. The van der Waals surface area contributed by atoms with Crippen molar-refractivity contribution in [2.24, 2.45) is 0 Å². The van der Waals surface area contributed by atoms with E-state index in [1.807, 2.05) is 11.8 Å². The van der Waals surface area contributed by atoms with Gasteiger partial charge in [-0.15, -0.1) is 0 Å². The Balaban J connectivity index is 0.00000364. The second kappa shape index (κ2) is 24.0. The van der Waals surface area contributed by atoms with Crippen LogP contribution in [0.15, 0.2) is 41.3 Å². The van der Waals surface area contributed by atoms with Crippen LogP contribution in [0.3, 0.4) is 0 Å². The average Bonchev–Trinajstić information content (AvgIpc) is 3.88. The van der Waals surface area contributed by atoms with E-state index in [0.717, 1.165) is 18.9 Å². The molecule has 0 spiro atoms. The topological polar surface area (TPSA) is 228 Å². The Hall–Kier alpha value is 2.93. The van der Waals surface area contributed by atoms with E-state index >= 15 is 4.39 Å². The van der Waals surface area contributed by atoms with Crippen molar-refractivity contribution in [3.63, 3.8) is 0 Å². The summed E-state index contributed by atoms with van der Waals surface area (Å²) in [7, 11) is -9.85. The first-order valence-electron chi connectivity index (χ1n) is 16.0. The number of benzene rings is 2. The molecule has 2 aromatic carbocycles. The van der Waals surface area contributed by atoms with Crippen LogP contribution in [0.1, 0.15) is 65.8 Å². The molecular formula is C32H36FK4N3O12P2. The zero-order valence-electron chi connectivity index (χ0n) is 31.3. The second-order valence-corrected chi connectivity index (χ2v) is 16.3. The normalized spacial score (nSPS) is 16.1. The fourth-order valence-corrected chi connectivity index (χ4v) is 8.71. The van der Waals surface area contributed by atoms with Crippen molar-refractivity contribution in [3.05, 3.63) is 63.7 Å². The van der Waals surface area contributed by atoms with E-state index in [9.17, 15) is 48.2 Å². The van der Waals surface area contributed by atoms with Crippen LogP contribution in [0, 0.1) is 5.82 Å². The number of aromatic nitrogens is 1. The van der Waals surface area contributed by atoms with Crippen LogP contribution >= 0.6 is 15.2 Å². The Morgan fingerprint density at radius 1 is 1.02 bits per heavy atom. The Bertz CT molecular complexity index is 1920. The number of carbonyl (C=O) groups excluding carboxylic acids is 1. The molecule has 1 saturated heterocycles. The van der Waals surface area contributed by atoms with Crippen LogP contribution in [0.2, 0.25) is 0 Å². The summed E-state index contributed by atoms with van der Waals surface area (Å²) in [5, 5.41) is 6.99. The molecular weight excluding hydrogens is 856 g/mol. The van der Waals surface area contributed by atoms with Crippen molar-refractivity contribution in [1.29, 1.82) is 0 Å². The van der Waals surface area contributed by atoms with Crippen molar-refractivity contribution < 1.29 is 263 Å². The van der Waals surface area contributed by atoms with E-state index in [0.29, 0.717) is 43.0 Å². The fourth-order valence-electron chi connectivity index (χ4n) is 6.33. The van der Waals surface area contributed by atoms with E-state index < -0.39 is 49.8 Å². The molecule has 2 aliphatic rings. The maximum Gasteiger partial charge on any atom is 1.00 e. The first kappa shape index (κ1) is 54.9. The SMILES string of the molecule is COc1c(N2CCN(CCC(=O)c3ccc(OCCCC(P(=O)([O-])[O-])P(=O)([O-])[O-])cc3)C(C)C2)c(F)cc2c(=O)c(C(=O)O)cn(C3CC3)c12.[K+].[K+].[K+].[K+]. The maximum atomic E-state index is 15.8. The van der Waals surface area contributed by atoms with Crippen LogP contribution in [0.5, 0.6) is 11.5 Å². The van der Waals surface area contributed by atoms with E-state index in [1.165, 1.54) is 25.4 Å². The van der Waals surface area contributed by atoms with E-state index in [2.05, 4.69) is 4.90 Å². The average molecular weight is 892 g/mol. The molecule has 15 nitrogen and oxygen atoms in total. The van der Waals surface area contributed by atoms with Gasteiger partial charge in [0.05, 0.1) is 24.6 Å². The zero-order valence-corrected chi connectivity index (χ0v) is 45.6. The van der Waals surface area contributed by atoms with Crippen LogP contribution < -0.4 is 245 Å². The Morgan fingerprint density at radius 2 is 1.63 bits per heavy atom. The summed E-state index contributed by atoms with van der Waals surface area (Å²) in [4.78, 5) is 86.1. The number of rotatable bonds is 15. The van der Waals surface area contributed by atoms with Crippen LogP contribution in [0.25, 0.3) is 10.9 Å². The van der Waals surface area contributed by atoms with Crippen molar-refractivity contribution in [1.82, 2.24) is 9.47 Å². The smallest absolute Gasteiger partial charge is 0.810 e. The number of anilines is 1. The largest absolute Gasteiger partial charge is 1.00 e. The summed E-state index contributed by atoms with van der Waals surface area (Å²) in [5.41, 5.74) is -0.247. The van der Waals surface area contributed by atoms with Crippen molar-refractivity contribution in [2.45, 2.75) is 56.5 Å². The second-order valence-electron chi connectivity index (χ2n) is 12.5. The molecule has 1 aromatic heterocycles. The third-order valence-corrected chi connectivity index (χ3v) is 12.7. The Labute approximate surface area is 482 Å². The van der Waals surface area contributed by atoms with Gasteiger partial charge in [0.2, 0.25) is 5.43 Å². The molecule has 22 heteroatoms. The summed E-state index contributed by atoms with van der Waals surface area (Å²) in [6, 6.07) is 7.09. The van der Waals surface area contributed by atoms with Crippen molar-refractivity contribution in [2.75, 3.05) is 44.8 Å². The Morgan fingerprint density at radius 3 is 2.15 bits per heavy atom. The van der Waals surface area contributed by atoms with E-state index in [4.69, 9.17) is 9.47 Å². The molecule has 1 aliphatic heterocycles. The molecule has 272 valence electrons. The Kier molecular flexibility index (Phi) is 24.4. The molecule has 1 atom stereocenters. The summed E-state index contributed by atoms with van der Waals surface area (Å²) in [6.07, 6.45) is 2.23. The number of methoxy groups -OCH3 is 1. The molecule has 1 saturated carbocycles. The molecule has 1 aliphatic carbocycles. The quantitative estimate of drug-likeness (QED) is 0.0648. The van der Waals surface area contributed by atoms with Gasteiger partial charge in [0.1, 0.15) is 17.0 Å². The van der Waals surface area contributed by atoms with Gasteiger partial charge in [-0.1, -0.05) is 15.2 Å². The number of carboxylic acid groups (broad SMARTS) is 1. The number of hydrogen-bond donors (Lipinski definition) is 1. The molecule has 54 heavy (non-hydrogen) atoms. The number of hydrogen-bond acceptors (Lipinski definition) is 13. The number of ketones is 1. The van der Waals surface area contributed by atoms with Gasteiger partial charge in [0.15, 0.2) is 17.3 Å². The molecule has 2 heterocycles. The summed E-state index contributed by atoms with van der Waals surface area (Å²) < 4.78 is 50.8. The van der Waals surface area contributed by atoms with E-state index in [1.54, 1.807) is 16.7 Å². The van der Waals surface area contributed by atoms with Crippen molar-refractivity contribution in [3.8, 4) is 11.5 Å². The van der Waals surface area contributed by atoms with Crippen LogP contribution in [0.4, 0.5) is 10.1 Å². The number of ether oxygens (including phenoxy) is 2. The fraction of sp³-hybridized carbons (Fsp3) is 0.469. The van der Waals surface area contributed by atoms with Gasteiger partial charge in [-0.3, -0.25) is 14.5 Å². The molecule has 0 bridgehead atoms. The minimum absolute atomic E-state index is 0. The molecule has 5 rings (SSSR count). The number of carboxylic acids is 1. The third-order valence-electron chi connectivity index (χ3n) is 9.06. The van der Waals surface area contributed by atoms with Crippen LogP contribution in [-0.4, -0.2) is 77.7 Å². The van der Waals surface area contributed by atoms with Gasteiger partial charge in [0, 0.05) is 61.8 Å². The standard InChI is InChI=1S/C32H40FN3O12P2.4K/c1-19-17-35(29-25(33)16-23-28(31(29)47-2)36(21-7-8-21)18-24(30(23)38)32(39)40)14-13-34(19)12-11-26(37)20-5-9-22(10-6-20)48-15-3-4-27(49(41,42)43)50(44,45)46;;;;/h5-6,9-10,16,18-19,21,27H,3-4,7-8,11-15,17H2,1-2H3,(H,39,40)(H2,41,42,43)(H2,44,45,46);;;;/q;4*+1/p-4. The predicted molar refractivity (Wildman–Crippen MR) is 172 cm³/mol. The molecule has 3 aromatic rings. The maximum absolute atomic E-state index is 15.8. The number of aromatic carboxylic acids is 1. The molecule has 0 radical (unpaired) electrons. The molecule has 2 fully saturated rings. The van der Waals surface area contributed by atoms with Gasteiger partial charge >= 0.3 is 212 Å². The van der Waals surface area contributed by atoms with Gasteiger partial charge in [-0.05, 0) is 62.9 Å². The summed E-state index contributed by atoms with van der Waals surface area (Å²) >= 11 is 0. The molecule has 0 amide bonds. The first-order valence-corrected chi connectivity index (χ1v) is 19.2. The monoisotopic (exact) mass is 891 g/mol. The number of Topliss-reactive ketones (excluding diaryl/α,β-unsaturated/α-hetero) is 1. The van der Waals surface area contributed by atoms with Crippen molar-refractivity contribution >= 4 is 43.5 Å². The third kappa shape index (κ3) is 14.0. The number of carbonyl (C=O) groups is 2. The minimum Gasteiger partial charge on any atom is -0.810 e. The number of pyridine rings is 1. The van der Waals surface area contributed by atoms with Gasteiger partial charge < -0.3 is 52.8 Å². The molecule has 1 N–H and O–H groups in total. The molecule has 1 unspecified atom stereocenters. The predicted octanol–water partition coefficient (Wildman–Crippen LogP) is -10.7. The van der Waals surface area contributed by atoms with E-state index in [-0.39, 0.29) is 260 Å². The van der Waals surface area contributed by atoms with Gasteiger partial charge in [0.25, 0.3) is 0 Å². The number of fused-ring (bicyclic) bond motifs is 1. The number of halogens is 1. The van der Waals surface area contributed by atoms with Crippen LogP contribution in [-0.2, 0) is 9.13 Å². The zero-order chi connectivity index (χ0) is 36.5. The minimum atomic E-state index is -5.62. The summed E-state index contributed by atoms with van der Waals surface area (Å²) in [5.74, 6) is -1.74. The van der Waals surface area contributed by atoms with Gasteiger partial charge in [-0.2, -0.15) is 0 Å². The first-order chi connectivity index (χ1) is 23.5. The number of nitrogens with zero attached hydrogens (tertiary/aromatic N) is 3. The number of piperazine rings is 1.